The number of hydrogen-bond acceptors (Lipinski definition) is 4. The largest absolute Gasteiger partial charge is 0.175 e. The van der Waals surface area contributed by atoms with Crippen LogP contribution in [0.1, 0.15) is 0 Å². The summed E-state index contributed by atoms with van der Waals surface area (Å²) < 4.78 is 0. The molecule has 0 aliphatic rings. The lowest BCUT2D eigenvalue weighted by molar-refractivity contribution is 1.41. The van der Waals surface area contributed by atoms with Crippen LogP contribution < -0.4 is 0 Å². The van der Waals surface area contributed by atoms with Gasteiger partial charge < -0.3 is 0 Å². The van der Waals surface area contributed by atoms with E-state index in [1.54, 1.807) is 0 Å². The minimum Gasteiger partial charge on any atom is -0.175 e. The molecule has 0 saturated heterocycles. The van der Waals surface area contributed by atoms with E-state index in [4.69, 9.17) is 0 Å². The number of thiol groups is 2. The van der Waals surface area contributed by atoms with E-state index in [0.717, 1.165) is 34.5 Å². The molecule has 0 fully saturated rings. The van der Waals surface area contributed by atoms with E-state index in [1.807, 2.05) is 23.5 Å². The Labute approximate surface area is 119 Å². The van der Waals surface area contributed by atoms with Crippen molar-refractivity contribution in [1.82, 2.24) is 0 Å². The van der Waals surface area contributed by atoms with Crippen molar-refractivity contribution in [1.29, 1.82) is 0 Å². The van der Waals surface area contributed by atoms with Gasteiger partial charge in [-0.1, -0.05) is 36.5 Å². The third-order valence-electron chi connectivity index (χ3n) is 1.67. The highest BCUT2D eigenvalue weighted by Crippen LogP contribution is 2.16. The van der Waals surface area contributed by atoms with Gasteiger partial charge in [0.2, 0.25) is 0 Å². The van der Waals surface area contributed by atoms with Crippen LogP contribution in [0.2, 0.25) is 0 Å². The first-order valence-electron chi connectivity index (χ1n) is 4.97. The number of hydrogen-bond donors (Lipinski definition) is 2. The third kappa shape index (κ3) is 9.82. The molecule has 0 aromatic carbocycles. The van der Waals surface area contributed by atoms with Gasteiger partial charge in [-0.2, -0.15) is 48.8 Å². The molecule has 0 aliphatic heterocycles. The van der Waals surface area contributed by atoms with E-state index in [1.165, 1.54) is 16.7 Å². The fourth-order valence-electron chi connectivity index (χ4n) is 0.812. The highest BCUT2D eigenvalue weighted by atomic mass is 32.2. The molecule has 0 N–H and O–H groups in total. The molecule has 16 heavy (non-hydrogen) atoms. The lowest BCUT2D eigenvalue weighted by Crippen LogP contribution is -1.95. The van der Waals surface area contributed by atoms with Crippen LogP contribution in [0.5, 0.6) is 0 Å². The molecule has 0 nitrogen and oxygen atoms in total. The maximum Gasteiger partial charge on any atom is 0.0152 e. The average Bonchev–Trinajstić information content (AvgIpc) is 2.28. The van der Waals surface area contributed by atoms with Crippen LogP contribution >= 0.6 is 48.8 Å². The molecule has 0 radical (unpaired) electrons. The first-order chi connectivity index (χ1) is 7.60. The average molecular weight is 293 g/mol. The second-order valence-corrected chi connectivity index (χ2v) is 6.16. The Bertz CT molecular complexity index is 221. The van der Waals surface area contributed by atoms with Gasteiger partial charge in [-0.15, -0.1) is 0 Å². The minimum atomic E-state index is 0.774. The predicted molar refractivity (Wildman–Crippen MR) is 89.8 cm³/mol. The fraction of sp³-hybridized carbons (Fsp3) is 0.500. The van der Waals surface area contributed by atoms with E-state index < -0.39 is 0 Å². The van der Waals surface area contributed by atoms with Crippen LogP contribution in [0.4, 0.5) is 0 Å². The molecule has 0 aliphatic carbocycles. The molecule has 0 heterocycles. The zero-order valence-electron chi connectivity index (χ0n) is 9.57. The summed E-state index contributed by atoms with van der Waals surface area (Å²) in [5, 5.41) is 0. The van der Waals surface area contributed by atoms with Gasteiger partial charge in [0, 0.05) is 34.5 Å². The Kier molecular flexibility index (Phi) is 11.2. The van der Waals surface area contributed by atoms with Crippen molar-refractivity contribution in [2.45, 2.75) is 0 Å². The summed E-state index contributed by atoms with van der Waals surface area (Å²) in [5.74, 6) is 5.53. The molecule has 0 unspecified atom stereocenters. The maximum absolute atomic E-state index is 4.17. The zero-order chi connectivity index (χ0) is 12.4. The van der Waals surface area contributed by atoms with Crippen molar-refractivity contribution in [2.75, 3.05) is 34.5 Å². The van der Waals surface area contributed by atoms with Gasteiger partial charge in [0.1, 0.15) is 0 Å². The summed E-state index contributed by atoms with van der Waals surface area (Å²) in [6.45, 7) is 11.9. The van der Waals surface area contributed by atoms with E-state index in [2.05, 4.69) is 45.0 Å². The van der Waals surface area contributed by atoms with Crippen LogP contribution in [0.15, 0.2) is 36.5 Å². The smallest absolute Gasteiger partial charge is 0.0152 e. The molecular weight excluding hydrogens is 272 g/mol. The first kappa shape index (κ1) is 16.6. The summed E-state index contributed by atoms with van der Waals surface area (Å²) in [6.07, 6.45) is 0. The monoisotopic (exact) mass is 292 g/mol. The molecule has 0 aromatic heterocycles. The quantitative estimate of drug-likeness (QED) is 0.462. The van der Waals surface area contributed by atoms with Crippen molar-refractivity contribution >= 4 is 48.8 Å². The Morgan fingerprint density at radius 2 is 1.00 bits per heavy atom. The SMILES string of the molecule is C=C(CS)CSCC(=C)CSCC(=C)CS. The van der Waals surface area contributed by atoms with Gasteiger partial charge in [0.25, 0.3) is 0 Å². The van der Waals surface area contributed by atoms with Crippen LogP contribution in [0.25, 0.3) is 0 Å². The Hall–Kier alpha value is 0.620. The second-order valence-electron chi connectivity index (χ2n) is 3.55. The Morgan fingerprint density at radius 1 is 0.688 bits per heavy atom. The molecule has 0 atom stereocenters. The standard InChI is InChI=1S/C12H20S4/c1-10(4-13)6-15-8-12(3)9-16-7-11(2)5-14/h13-14H,1-9H2. The van der Waals surface area contributed by atoms with Gasteiger partial charge in [0.05, 0.1) is 0 Å². The molecular formula is C12H20S4. The minimum absolute atomic E-state index is 0.774. The zero-order valence-corrected chi connectivity index (χ0v) is 13.0. The predicted octanol–water partition coefficient (Wildman–Crippen LogP) is 3.98. The van der Waals surface area contributed by atoms with E-state index >= 15 is 0 Å². The molecule has 0 rings (SSSR count). The number of thioether (sulfide) groups is 2. The van der Waals surface area contributed by atoms with Gasteiger partial charge >= 0.3 is 0 Å². The van der Waals surface area contributed by atoms with Crippen LogP contribution in [-0.2, 0) is 0 Å². The molecule has 0 bridgehead atoms. The molecule has 4 heteroatoms. The topological polar surface area (TPSA) is 0 Å². The van der Waals surface area contributed by atoms with Gasteiger partial charge in [-0.05, 0) is 0 Å². The maximum atomic E-state index is 4.17. The van der Waals surface area contributed by atoms with E-state index in [-0.39, 0.29) is 0 Å². The highest BCUT2D eigenvalue weighted by Gasteiger charge is 1.98. The molecule has 92 valence electrons. The second kappa shape index (κ2) is 10.8. The van der Waals surface area contributed by atoms with Gasteiger partial charge in [-0.25, -0.2) is 0 Å². The summed E-state index contributed by atoms with van der Waals surface area (Å²) in [6, 6.07) is 0. The van der Waals surface area contributed by atoms with E-state index in [0.29, 0.717) is 0 Å². The van der Waals surface area contributed by atoms with Crippen LogP contribution in [-0.4, -0.2) is 34.5 Å². The molecule has 0 amide bonds. The van der Waals surface area contributed by atoms with Crippen molar-refractivity contribution in [3.8, 4) is 0 Å². The van der Waals surface area contributed by atoms with Crippen molar-refractivity contribution in [2.24, 2.45) is 0 Å². The molecule has 0 spiro atoms. The van der Waals surface area contributed by atoms with Crippen molar-refractivity contribution in [3.05, 3.63) is 36.5 Å². The summed E-state index contributed by atoms with van der Waals surface area (Å²) in [4.78, 5) is 0. The number of rotatable bonds is 10. The third-order valence-corrected chi connectivity index (χ3v) is 5.02. The summed E-state index contributed by atoms with van der Waals surface area (Å²) >= 11 is 12.1. The Morgan fingerprint density at radius 3 is 1.31 bits per heavy atom. The van der Waals surface area contributed by atoms with Crippen LogP contribution in [0.3, 0.4) is 0 Å². The van der Waals surface area contributed by atoms with E-state index in [9.17, 15) is 0 Å². The van der Waals surface area contributed by atoms with Crippen LogP contribution in [0, 0.1) is 0 Å². The molecule has 0 aromatic rings. The van der Waals surface area contributed by atoms with Gasteiger partial charge in [-0.3, -0.25) is 0 Å². The summed E-state index contributed by atoms with van der Waals surface area (Å²) in [7, 11) is 0. The lowest BCUT2D eigenvalue weighted by Gasteiger charge is -2.06. The first-order valence-corrected chi connectivity index (χ1v) is 8.54. The molecule has 0 saturated carbocycles. The van der Waals surface area contributed by atoms with Gasteiger partial charge in [0.15, 0.2) is 0 Å². The normalized spacial score (nSPS) is 10.1. The highest BCUT2D eigenvalue weighted by molar-refractivity contribution is 8.00. The lowest BCUT2D eigenvalue weighted by atomic mass is 10.4. The van der Waals surface area contributed by atoms with Crippen molar-refractivity contribution in [3.63, 3.8) is 0 Å². The fourth-order valence-corrected chi connectivity index (χ4v) is 3.23. The van der Waals surface area contributed by atoms with Crippen molar-refractivity contribution < 1.29 is 0 Å². The Balaban J connectivity index is 3.45. The summed E-state index contributed by atoms with van der Waals surface area (Å²) in [5.41, 5.74) is 3.63.